The Morgan fingerprint density at radius 1 is 1.37 bits per heavy atom. The maximum Gasteiger partial charge on any atom is 0.230 e. The Bertz CT molecular complexity index is 576. The number of hydrogen-bond donors (Lipinski definition) is 1. The molecule has 0 atom stereocenters. The van der Waals surface area contributed by atoms with Crippen LogP contribution in [0, 0.1) is 0 Å². The average molecular weight is 256 g/mol. The van der Waals surface area contributed by atoms with Gasteiger partial charge in [-0.2, -0.15) is 0 Å². The van der Waals surface area contributed by atoms with Crippen molar-refractivity contribution in [3.05, 3.63) is 42.1 Å². The van der Waals surface area contributed by atoms with Gasteiger partial charge in [0.2, 0.25) is 5.91 Å². The molecular weight excluding hydrogens is 240 g/mol. The Morgan fingerprint density at radius 2 is 2.32 bits per heavy atom. The van der Waals surface area contributed by atoms with Gasteiger partial charge in [0, 0.05) is 25.4 Å². The highest BCUT2D eigenvalue weighted by Crippen LogP contribution is 2.19. The molecule has 98 valence electrons. The minimum Gasteiger partial charge on any atom is -0.315 e. The van der Waals surface area contributed by atoms with Gasteiger partial charge < -0.3 is 9.88 Å². The fraction of sp³-hybridized carbons (Fsp3) is 0.357. The van der Waals surface area contributed by atoms with Gasteiger partial charge in [-0.1, -0.05) is 6.07 Å². The molecule has 1 N–H and O–H groups in total. The third kappa shape index (κ3) is 2.65. The number of nitrogens with zero attached hydrogens (tertiary/aromatic N) is 3. The van der Waals surface area contributed by atoms with Gasteiger partial charge in [-0.3, -0.25) is 9.78 Å². The molecule has 0 fully saturated rings. The molecule has 1 amide bonds. The Kier molecular flexibility index (Phi) is 3.27. The van der Waals surface area contributed by atoms with Crippen LogP contribution in [0.3, 0.4) is 0 Å². The van der Waals surface area contributed by atoms with Crippen LogP contribution < -0.4 is 5.32 Å². The molecule has 1 aliphatic rings. The number of carbonyl (C=O) groups is 1. The first-order valence-corrected chi connectivity index (χ1v) is 6.56. The van der Waals surface area contributed by atoms with Crippen LogP contribution in [0.25, 0.3) is 0 Å². The molecule has 0 bridgehead atoms. The van der Waals surface area contributed by atoms with Crippen molar-refractivity contribution in [3.8, 4) is 0 Å². The number of amides is 1. The van der Waals surface area contributed by atoms with Crippen molar-refractivity contribution in [1.82, 2.24) is 14.5 Å². The number of hydrogen-bond acceptors (Lipinski definition) is 3. The Balaban J connectivity index is 1.68. The first-order valence-electron chi connectivity index (χ1n) is 6.56. The van der Waals surface area contributed by atoms with E-state index >= 15 is 0 Å². The molecule has 19 heavy (non-hydrogen) atoms. The lowest BCUT2D eigenvalue weighted by atomic mass is 10.2. The number of carbonyl (C=O) groups excluding carboxylic acids is 1. The van der Waals surface area contributed by atoms with Gasteiger partial charge in [0.25, 0.3) is 0 Å². The van der Waals surface area contributed by atoms with Crippen LogP contribution >= 0.6 is 0 Å². The zero-order valence-corrected chi connectivity index (χ0v) is 10.7. The third-order valence-electron chi connectivity index (χ3n) is 3.33. The minimum absolute atomic E-state index is 0.0266. The monoisotopic (exact) mass is 256 g/mol. The van der Waals surface area contributed by atoms with Crippen molar-refractivity contribution in [2.45, 2.75) is 32.2 Å². The van der Waals surface area contributed by atoms with E-state index in [-0.39, 0.29) is 5.91 Å². The quantitative estimate of drug-likeness (QED) is 0.910. The van der Waals surface area contributed by atoms with Crippen molar-refractivity contribution in [1.29, 1.82) is 0 Å². The summed E-state index contributed by atoms with van der Waals surface area (Å²) in [4.78, 5) is 20.3. The number of rotatable bonds is 3. The standard InChI is InChI=1S/C14H16N4O/c19-14(8-11-4-3-6-15-9-11)17-13-10-16-12-5-1-2-7-18(12)13/h3-4,6,9-10H,1-2,5,7-8H2,(H,17,19). The van der Waals surface area contributed by atoms with Crippen LogP contribution in [0.4, 0.5) is 5.82 Å². The second-order valence-corrected chi connectivity index (χ2v) is 4.75. The maximum absolute atomic E-state index is 12.0. The predicted molar refractivity (Wildman–Crippen MR) is 71.7 cm³/mol. The summed E-state index contributed by atoms with van der Waals surface area (Å²) in [5.41, 5.74) is 0.915. The largest absolute Gasteiger partial charge is 0.315 e. The van der Waals surface area contributed by atoms with Gasteiger partial charge in [-0.25, -0.2) is 4.98 Å². The molecule has 5 nitrogen and oxygen atoms in total. The second kappa shape index (κ2) is 5.22. The van der Waals surface area contributed by atoms with E-state index in [9.17, 15) is 4.79 Å². The van der Waals surface area contributed by atoms with Crippen molar-refractivity contribution in [2.75, 3.05) is 5.32 Å². The van der Waals surface area contributed by atoms with E-state index in [1.54, 1.807) is 18.6 Å². The van der Waals surface area contributed by atoms with Gasteiger partial charge in [-0.15, -0.1) is 0 Å². The van der Waals surface area contributed by atoms with Crippen molar-refractivity contribution >= 4 is 11.7 Å². The first-order chi connectivity index (χ1) is 9.33. The summed E-state index contributed by atoms with van der Waals surface area (Å²) < 4.78 is 2.10. The lowest BCUT2D eigenvalue weighted by Crippen LogP contribution is -2.19. The molecule has 1 aliphatic heterocycles. The molecule has 3 rings (SSSR count). The van der Waals surface area contributed by atoms with Crippen molar-refractivity contribution in [2.24, 2.45) is 0 Å². The maximum atomic E-state index is 12.0. The topological polar surface area (TPSA) is 59.8 Å². The summed E-state index contributed by atoms with van der Waals surface area (Å²) in [5, 5.41) is 2.93. The molecule has 5 heteroatoms. The zero-order chi connectivity index (χ0) is 13.1. The SMILES string of the molecule is O=C(Cc1cccnc1)Nc1cnc2n1CCCC2. The molecule has 0 aliphatic carbocycles. The smallest absolute Gasteiger partial charge is 0.230 e. The second-order valence-electron chi connectivity index (χ2n) is 4.75. The molecule has 0 saturated heterocycles. The molecule has 0 radical (unpaired) electrons. The Labute approximate surface area is 111 Å². The van der Waals surface area contributed by atoms with Gasteiger partial charge in [-0.05, 0) is 24.5 Å². The Morgan fingerprint density at radius 3 is 3.16 bits per heavy atom. The van der Waals surface area contributed by atoms with E-state index in [0.29, 0.717) is 6.42 Å². The summed E-state index contributed by atoms with van der Waals surface area (Å²) in [6.45, 7) is 0.942. The van der Waals surface area contributed by atoms with Gasteiger partial charge in [0.1, 0.15) is 11.6 Å². The molecule has 0 unspecified atom stereocenters. The average Bonchev–Trinajstić information content (AvgIpc) is 2.83. The van der Waals surface area contributed by atoms with E-state index in [2.05, 4.69) is 19.9 Å². The first kappa shape index (κ1) is 11.9. The van der Waals surface area contributed by atoms with Crippen LogP contribution in [-0.4, -0.2) is 20.4 Å². The van der Waals surface area contributed by atoms with Crippen LogP contribution in [0.1, 0.15) is 24.2 Å². The third-order valence-corrected chi connectivity index (χ3v) is 3.33. The lowest BCUT2D eigenvalue weighted by molar-refractivity contribution is -0.115. The normalized spacial score (nSPS) is 13.9. The Hall–Kier alpha value is -2.17. The van der Waals surface area contributed by atoms with Crippen molar-refractivity contribution in [3.63, 3.8) is 0 Å². The molecule has 0 saturated carbocycles. The summed E-state index contributed by atoms with van der Waals surface area (Å²) in [6.07, 6.45) is 8.84. The summed E-state index contributed by atoms with van der Waals surface area (Å²) >= 11 is 0. The molecule has 2 aromatic heterocycles. The van der Waals surface area contributed by atoms with Gasteiger partial charge in [0.15, 0.2) is 0 Å². The number of pyridine rings is 1. The number of aromatic nitrogens is 3. The van der Waals surface area contributed by atoms with Crippen LogP contribution in [-0.2, 0) is 24.2 Å². The number of nitrogens with one attached hydrogen (secondary N) is 1. The molecular formula is C14H16N4O. The number of aryl methyl sites for hydroxylation is 1. The molecule has 0 aromatic carbocycles. The van der Waals surface area contributed by atoms with Crippen LogP contribution in [0.5, 0.6) is 0 Å². The highest BCUT2D eigenvalue weighted by Gasteiger charge is 2.15. The van der Waals surface area contributed by atoms with E-state index in [1.165, 1.54) is 6.42 Å². The predicted octanol–water partition coefficient (Wildman–Crippen LogP) is 1.80. The van der Waals surface area contributed by atoms with E-state index in [4.69, 9.17) is 0 Å². The fourth-order valence-corrected chi connectivity index (χ4v) is 2.39. The highest BCUT2D eigenvalue weighted by atomic mass is 16.1. The molecule has 3 heterocycles. The fourth-order valence-electron chi connectivity index (χ4n) is 2.39. The van der Waals surface area contributed by atoms with Crippen molar-refractivity contribution < 1.29 is 4.79 Å². The molecule has 2 aromatic rings. The van der Waals surface area contributed by atoms with Gasteiger partial charge in [0.05, 0.1) is 12.6 Å². The van der Waals surface area contributed by atoms with Crippen LogP contribution in [0.2, 0.25) is 0 Å². The summed E-state index contributed by atoms with van der Waals surface area (Å²) in [6, 6.07) is 3.74. The number of imidazole rings is 1. The van der Waals surface area contributed by atoms with E-state index < -0.39 is 0 Å². The number of fused-ring (bicyclic) bond motifs is 1. The van der Waals surface area contributed by atoms with E-state index in [0.717, 1.165) is 36.6 Å². The molecule has 0 spiro atoms. The zero-order valence-electron chi connectivity index (χ0n) is 10.7. The van der Waals surface area contributed by atoms with E-state index in [1.807, 2.05) is 12.1 Å². The summed E-state index contributed by atoms with van der Waals surface area (Å²) in [5.74, 6) is 1.85. The van der Waals surface area contributed by atoms with Crippen LogP contribution in [0.15, 0.2) is 30.7 Å². The lowest BCUT2D eigenvalue weighted by Gasteiger charge is -2.16. The number of anilines is 1. The summed E-state index contributed by atoms with van der Waals surface area (Å²) in [7, 11) is 0. The van der Waals surface area contributed by atoms with Gasteiger partial charge >= 0.3 is 0 Å². The minimum atomic E-state index is -0.0266. The highest BCUT2D eigenvalue weighted by molar-refractivity contribution is 5.91.